The lowest BCUT2D eigenvalue weighted by Gasteiger charge is -2.12. The van der Waals surface area contributed by atoms with Gasteiger partial charge in [-0.15, -0.1) is 11.3 Å². The van der Waals surface area contributed by atoms with Crippen molar-refractivity contribution in [3.05, 3.63) is 28.8 Å². The quantitative estimate of drug-likeness (QED) is 0.703. The van der Waals surface area contributed by atoms with Gasteiger partial charge in [-0.25, -0.2) is 4.98 Å². The molecule has 0 saturated carbocycles. The van der Waals surface area contributed by atoms with Gasteiger partial charge in [0.25, 0.3) is 0 Å². The molecule has 0 spiro atoms. The standard InChI is InChI=1S/C13H15NS3/c1-2-4-16-8-11-6-13-12(14-9-17-13)5-10(11)7-15-3-1/h5-6,9H,1-4,7-8H2. The summed E-state index contributed by atoms with van der Waals surface area (Å²) in [5, 5.41) is 0. The topological polar surface area (TPSA) is 12.9 Å². The highest BCUT2D eigenvalue weighted by molar-refractivity contribution is 7.99. The Labute approximate surface area is 114 Å². The summed E-state index contributed by atoms with van der Waals surface area (Å²) in [5.41, 5.74) is 6.16. The molecule has 2 aromatic rings. The van der Waals surface area contributed by atoms with Crippen LogP contribution < -0.4 is 0 Å². The van der Waals surface area contributed by atoms with Crippen molar-refractivity contribution in [2.24, 2.45) is 0 Å². The van der Waals surface area contributed by atoms with Crippen molar-refractivity contribution in [3.8, 4) is 0 Å². The summed E-state index contributed by atoms with van der Waals surface area (Å²) in [5.74, 6) is 4.93. The first-order valence-electron chi connectivity index (χ1n) is 5.94. The minimum absolute atomic E-state index is 1.16. The fourth-order valence-electron chi connectivity index (χ4n) is 2.03. The van der Waals surface area contributed by atoms with E-state index in [2.05, 4.69) is 40.6 Å². The third kappa shape index (κ3) is 2.80. The second-order valence-corrected chi connectivity index (χ2v) is 7.35. The highest BCUT2D eigenvalue weighted by atomic mass is 32.2. The zero-order chi connectivity index (χ0) is 11.5. The maximum atomic E-state index is 4.43. The summed E-state index contributed by atoms with van der Waals surface area (Å²) in [6, 6.07) is 4.66. The van der Waals surface area contributed by atoms with Gasteiger partial charge in [0.1, 0.15) is 0 Å². The lowest BCUT2D eigenvalue weighted by Crippen LogP contribution is -1.96. The molecule has 0 fully saturated rings. The average molecular weight is 281 g/mol. The Balaban J connectivity index is 1.96. The Hall–Kier alpha value is -0.190. The number of hydrogen-bond acceptors (Lipinski definition) is 4. The van der Waals surface area contributed by atoms with E-state index < -0.39 is 0 Å². The zero-order valence-electron chi connectivity index (χ0n) is 9.65. The van der Waals surface area contributed by atoms with Gasteiger partial charge in [-0.2, -0.15) is 23.5 Å². The normalized spacial score (nSPS) is 17.9. The van der Waals surface area contributed by atoms with Crippen LogP contribution in [-0.4, -0.2) is 16.5 Å². The highest BCUT2D eigenvalue weighted by Gasteiger charge is 2.08. The smallest absolute Gasteiger partial charge is 0.0815 e. The van der Waals surface area contributed by atoms with Gasteiger partial charge in [-0.3, -0.25) is 0 Å². The van der Waals surface area contributed by atoms with Crippen LogP contribution in [0, 0.1) is 0 Å². The average Bonchev–Trinajstić information content (AvgIpc) is 2.80. The van der Waals surface area contributed by atoms with Crippen molar-refractivity contribution < 1.29 is 0 Å². The molecule has 17 heavy (non-hydrogen) atoms. The molecule has 0 unspecified atom stereocenters. The molecule has 1 aromatic heterocycles. The van der Waals surface area contributed by atoms with E-state index in [0.717, 1.165) is 5.75 Å². The van der Waals surface area contributed by atoms with Gasteiger partial charge in [0.05, 0.1) is 15.7 Å². The number of nitrogens with zero attached hydrogens (tertiary/aromatic N) is 1. The van der Waals surface area contributed by atoms with Crippen molar-refractivity contribution in [2.75, 3.05) is 11.5 Å². The second-order valence-electron chi connectivity index (χ2n) is 4.25. The number of fused-ring (bicyclic) bond motifs is 2. The van der Waals surface area contributed by atoms with Crippen LogP contribution in [0.2, 0.25) is 0 Å². The molecule has 4 heteroatoms. The summed E-state index contributed by atoms with van der Waals surface area (Å²) in [6.07, 6.45) is 2.74. The van der Waals surface area contributed by atoms with E-state index in [1.807, 2.05) is 5.51 Å². The van der Waals surface area contributed by atoms with Crippen molar-refractivity contribution >= 4 is 45.1 Å². The predicted molar refractivity (Wildman–Crippen MR) is 81.2 cm³/mol. The summed E-state index contributed by atoms with van der Waals surface area (Å²) in [6.45, 7) is 0. The number of aromatic nitrogens is 1. The Morgan fingerprint density at radius 3 is 2.41 bits per heavy atom. The third-order valence-electron chi connectivity index (χ3n) is 3.00. The molecule has 0 bridgehead atoms. The fraction of sp³-hybridized carbons (Fsp3) is 0.462. The molecule has 1 aliphatic rings. The summed E-state index contributed by atoms with van der Waals surface area (Å²) >= 11 is 5.91. The van der Waals surface area contributed by atoms with Crippen LogP contribution in [0.3, 0.4) is 0 Å². The van der Waals surface area contributed by atoms with Gasteiger partial charge < -0.3 is 0 Å². The molecular formula is C13H15NS3. The number of benzene rings is 1. The van der Waals surface area contributed by atoms with Crippen LogP contribution in [0.25, 0.3) is 10.2 Å². The first-order chi connectivity index (χ1) is 8.43. The van der Waals surface area contributed by atoms with Crippen LogP contribution in [-0.2, 0) is 11.5 Å². The molecule has 0 atom stereocenters. The Morgan fingerprint density at radius 2 is 1.65 bits per heavy atom. The molecule has 90 valence electrons. The number of thiazole rings is 1. The van der Waals surface area contributed by atoms with Gasteiger partial charge in [0.15, 0.2) is 0 Å². The van der Waals surface area contributed by atoms with E-state index >= 15 is 0 Å². The van der Waals surface area contributed by atoms with Crippen LogP contribution >= 0.6 is 34.9 Å². The lowest BCUT2D eigenvalue weighted by atomic mass is 10.1. The summed E-state index contributed by atoms with van der Waals surface area (Å²) in [7, 11) is 0. The molecule has 1 nitrogen and oxygen atoms in total. The van der Waals surface area contributed by atoms with Crippen molar-refractivity contribution in [3.63, 3.8) is 0 Å². The molecule has 3 rings (SSSR count). The maximum Gasteiger partial charge on any atom is 0.0815 e. The molecule has 1 aliphatic heterocycles. The van der Waals surface area contributed by atoms with Gasteiger partial charge >= 0.3 is 0 Å². The van der Waals surface area contributed by atoms with Gasteiger partial charge in [-0.1, -0.05) is 0 Å². The molecule has 0 amide bonds. The van der Waals surface area contributed by atoms with Crippen LogP contribution in [0.15, 0.2) is 17.6 Å². The minimum atomic E-state index is 1.16. The minimum Gasteiger partial charge on any atom is -0.245 e. The molecule has 0 saturated heterocycles. The van der Waals surface area contributed by atoms with E-state index in [-0.39, 0.29) is 0 Å². The Morgan fingerprint density at radius 1 is 0.941 bits per heavy atom. The van der Waals surface area contributed by atoms with Gasteiger partial charge in [0, 0.05) is 11.5 Å². The molecular weight excluding hydrogens is 266 g/mol. The highest BCUT2D eigenvalue weighted by Crippen LogP contribution is 2.29. The van der Waals surface area contributed by atoms with E-state index in [4.69, 9.17) is 0 Å². The van der Waals surface area contributed by atoms with Crippen molar-refractivity contribution in [2.45, 2.75) is 24.3 Å². The van der Waals surface area contributed by atoms with Crippen LogP contribution in [0.4, 0.5) is 0 Å². The second kappa shape index (κ2) is 5.63. The van der Waals surface area contributed by atoms with Crippen LogP contribution in [0.1, 0.15) is 24.0 Å². The van der Waals surface area contributed by atoms with Crippen molar-refractivity contribution in [1.82, 2.24) is 4.98 Å². The lowest BCUT2D eigenvalue weighted by molar-refractivity contribution is 0.905. The monoisotopic (exact) mass is 281 g/mol. The van der Waals surface area contributed by atoms with Crippen LogP contribution in [0.5, 0.6) is 0 Å². The summed E-state index contributed by atoms with van der Waals surface area (Å²) < 4.78 is 1.34. The first kappa shape index (κ1) is 11.9. The largest absolute Gasteiger partial charge is 0.245 e. The van der Waals surface area contributed by atoms with Gasteiger partial charge in [0.2, 0.25) is 0 Å². The van der Waals surface area contributed by atoms with Gasteiger partial charge in [-0.05, 0) is 47.6 Å². The zero-order valence-corrected chi connectivity index (χ0v) is 12.1. The Bertz CT molecular complexity index is 462. The first-order valence-corrected chi connectivity index (χ1v) is 9.13. The van der Waals surface area contributed by atoms with E-state index in [1.54, 1.807) is 11.3 Å². The van der Waals surface area contributed by atoms with E-state index in [9.17, 15) is 0 Å². The third-order valence-corrected chi connectivity index (χ3v) is 5.97. The number of thioether (sulfide) groups is 2. The number of hydrogen-bond donors (Lipinski definition) is 0. The van der Waals surface area contributed by atoms with Crippen molar-refractivity contribution in [1.29, 1.82) is 0 Å². The van der Waals surface area contributed by atoms with E-state index in [0.29, 0.717) is 0 Å². The molecule has 2 heterocycles. The molecule has 0 N–H and O–H groups in total. The predicted octanol–water partition coefficient (Wildman–Crippen LogP) is 4.56. The molecule has 0 radical (unpaired) electrons. The maximum absolute atomic E-state index is 4.43. The van der Waals surface area contributed by atoms with E-state index in [1.165, 1.54) is 51.4 Å². The Kier molecular flexibility index (Phi) is 3.94. The fourth-order valence-corrected chi connectivity index (χ4v) is 4.84. The molecule has 1 aromatic carbocycles. The summed E-state index contributed by atoms with van der Waals surface area (Å²) in [4.78, 5) is 4.43. The SMILES string of the molecule is c1nc2cc3c(cc2s1)CSCCCCSC3. The number of rotatable bonds is 0. The molecule has 0 aliphatic carbocycles.